The number of rotatable bonds is 2. The smallest absolute Gasteiger partial charge is 0.225 e. The molecule has 0 aromatic rings. The van der Waals surface area contributed by atoms with Gasteiger partial charge in [0.05, 0.1) is 18.6 Å². The molecule has 1 amide bonds. The normalized spacial score (nSPS) is 37.4. The molecule has 0 aromatic heterocycles. The number of amides is 1. The molecule has 3 unspecified atom stereocenters. The molecule has 0 spiro atoms. The SMILES string of the molecule is CC1CC(C(=O)NC2CCNC2)CO1. The standard InChI is InChI=1S/C10H18N2O2/c1-7-4-8(6-14-7)10(13)12-9-2-3-11-5-9/h7-9,11H,2-6H2,1H3,(H,12,13). The number of carbonyl (C=O) groups excluding carboxylic acids is 1. The van der Waals surface area contributed by atoms with E-state index < -0.39 is 0 Å². The second-order valence-electron chi connectivity index (χ2n) is 4.27. The van der Waals surface area contributed by atoms with Crippen LogP contribution in [0.15, 0.2) is 0 Å². The highest BCUT2D eigenvalue weighted by Gasteiger charge is 2.29. The van der Waals surface area contributed by atoms with Crippen LogP contribution in [0.1, 0.15) is 19.8 Å². The zero-order valence-electron chi connectivity index (χ0n) is 8.58. The van der Waals surface area contributed by atoms with Crippen molar-refractivity contribution < 1.29 is 9.53 Å². The topological polar surface area (TPSA) is 50.4 Å². The molecule has 14 heavy (non-hydrogen) atoms. The van der Waals surface area contributed by atoms with Crippen LogP contribution in [0.2, 0.25) is 0 Å². The van der Waals surface area contributed by atoms with E-state index in [0.29, 0.717) is 12.6 Å². The second kappa shape index (κ2) is 4.28. The van der Waals surface area contributed by atoms with E-state index in [1.807, 2.05) is 6.92 Å². The third kappa shape index (κ3) is 2.25. The van der Waals surface area contributed by atoms with Gasteiger partial charge in [-0.3, -0.25) is 4.79 Å². The van der Waals surface area contributed by atoms with Crippen LogP contribution < -0.4 is 10.6 Å². The van der Waals surface area contributed by atoms with Gasteiger partial charge in [0.15, 0.2) is 0 Å². The number of hydrogen-bond acceptors (Lipinski definition) is 3. The Hall–Kier alpha value is -0.610. The van der Waals surface area contributed by atoms with Crippen LogP contribution in [-0.2, 0) is 9.53 Å². The summed E-state index contributed by atoms with van der Waals surface area (Å²) in [6.07, 6.45) is 2.16. The number of ether oxygens (including phenoxy) is 1. The summed E-state index contributed by atoms with van der Waals surface area (Å²) in [6.45, 7) is 4.54. The lowest BCUT2D eigenvalue weighted by Gasteiger charge is -2.14. The Morgan fingerprint density at radius 2 is 2.43 bits per heavy atom. The lowest BCUT2D eigenvalue weighted by atomic mass is 10.0. The fraction of sp³-hybridized carbons (Fsp3) is 0.900. The highest BCUT2D eigenvalue weighted by Crippen LogP contribution is 2.19. The maximum Gasteiger partial charge on any atom is 0.225 e. The maximum absolute atomic E-state index is 11.7. The number of hydrogen-bond donors (Lipinski definition) is 2. The van der Waals surface area contributed by atoms with Gasteiger partial charge >= 0.3 is 0 Å². The van der Waals surface area contributed by atoms with Gasteiger partial charge in [-0.2, -0.15) is 0 Å². The third-order valence-corrected chi connectivity index (χ3v) is 2.98. The molecule has 80 valence electrons. The minimum Gasteiger partial charge on any atom is -0.378 e. The highest BCUT2D eigenvalue weighted by molar-refractivity contribution is 5.79. The van der Waals surface area contributed by atoms with Gasteiger partial charge in [0.2, 0.25) is 5.91 Å². The van der Waals surface area contributed by atoms with Crippen LogP contribution in [-0.4, -0.2) is 37.7 Å². The van der Waals surface area contributed by atoms with E-state index in [2.05, 4.69) is 10.6 Å². The predicted octanol–water partition coefficient (Wildman–Crippen LogP) is -0.110. The van der Waals surface area contributed by atoms with Gasteiger partial charge < -0.3 is 15.4 Å². The maximum atomic E-state index is 11.7. The Morgan fingerprint density at radius 3 is 3.00 bits per heavy atom. The average molecular weight is 198 g/mol. The fourth-order valence-corrected chi connectivity index (χ4v) is 2.10. The predicted molar refractivity (Wildman–Crippen MR) is 52.9 cm³/mol. The molecule has 2 saturated heterocycles. The molecule has 0 aromatic carbocycles. The van der Waals surface area contributed by atoms with Crippen molar-refractivity contribution in [2.45, 2.75) is 31.9 Å². The van der Waals surface area contributed by atoms with Crippen molar-refractivity contribution in [3.63, 3.8) is 0 Å². The van der Waals surface area contributed by atoms with Crippen LogP contribution >= 0.6 is 0 Å². The molecule has 2 aliphatic rings. The Labute approximate surface area is 84.4 Å². The molecule has 0 radical (unpaired) electrons. The first-order valence-electron chi connectivity index (χ1n) is 5.38. The van der Waals surface area contributed by atoms with Crippen LogP contribution in [0.25, 0.3) is 0 Å². The van der Waals surface area contributed by atoms with Crippen molar-refractivity contribution in [3.8, 4) is 0 Å². The number of carbonyl (C=O) groups is 1. The first-order valence-corrected chi connectivity index (χ1v) is 5.38. The van der Waals surface area contributed by atoms with Crippen molar-refractivity contribution in [1.29, 1.82) is 0 Å². The van der Waals surface area contributed by atoms with Crippen molar-refractivity contribution in [3.05, 3.63) is 0 Å². The summed E-state index contributed by atoms with van der Waals surface area (Å²) in [5.74, 6) is 0.244. The van der Waals surface area contributed by atoms with Gasteiger partial charge in [-0.1, -0.05) is 0 Å². The molecule has 2 rings (SSSR count). The van der Waals surface area contributed by atoms with Gasteiger partial charge in [-0.25, -0.2) is 0 Å². The summed E-state index contributed by atoms with van der Waals surface area (Å²) in [7, 11) is 0. The summed E-state index contributed by atoms with van der Waals surface area (Å²) in [5, 5.41) is 6.29. The zero-order valence-corrected chi connectivity index (χ0v) is 8.58. The van der Waals surface area contributed by atoms with Crippen LogP contribution in [0.4, 0.5) is 0 Å². The molecule has 2 heterocycles. The minimum atomic E-state index is 0.0746. The minimum absolute atomic E-state index is 0.0746. The van der Waals surface area contributed by atoms with Gasteiger partial charge in [-0.15, -0.1) is 0 Å². The van der Waals surface area contributed by atoms with Crippen molar-refractivity contribution in [2.24, 2.45) is 5.92 Å². The van der Waals surface area contributed by atoms with E-state index >= 15 is 0 Å². The third-order valence-electron chi connectivity index (χ3n) is 2.98. The first-order chi connectivity index (χ1) is 6.75. The van der Waals surface area contributed by atoms with Crippen molar-refractivity contribution in [2.75, 3.05) is 19.7 Å². The monoisotopic (exact) mass is 198 g/mol. The largest absolute Gasteiger partial charge is 0.378 e. The molecule has 2 fully saturated rings. The van der Waals surface area contributed by atoms with Crippen LogP contribution in [0.5, 0.6) is 0 Å². The summed E-state index contributed by atoms with van der Waals surface area (Å²) < 4.78 is 5.37. The molecule has 0 saturated carbocycles. The highest BCUT2D eigenvalue weighted by atomic mass is 16.5. The van der Waals surface area contributed by atoms with Crippen LogP contribution in [0.3, 0.4) is 0 Å². The summed E-state index contributed by atoms with van der Waals surface area (Å²) in [5.41, 5.74) is 0. The van der Waals surface area contributed by atoms with E-state index in [1.165, 1.54) is 0 Å². The molecule has 4 nitrogen and oxygen atoms in total. The van der Waals surface area contributed by atoms with Crippen molar-refractivity contribution in [1.82, 2.24) is 10.6 Å². The Bertz CT molecular complexity index is 214. The van der Waals surface area contributed by atoms with Gasteiger partial charge in [0, 0.05) is 12.6 Å². The molecule has 2 N–H and O–H groups in total. The second-order valence-corrected chi connectivity index (χ2v) is 4.27. The van der Waals surface area contributed by atoms with E-state index in [-0.39, 0.29) is 17.9 Å². The van der Waals surface area contributed by atoms with E-state index in [0.717, 1.165) is 25.9 Å². The molecule has 4 heteroatoms. The van der Waals surface area contributed by atoms with Gasteiger partial charge in [0.25, 0.3) is 0 Å². The van der Waals surface area contributed by atoms with Crippen LogP contribution in [0, 0.1) is 5.92 Å². The molecule has 2 aliphatic heterocycles. The van der Waals surface area contributed by atoms with E-state index in [1.54, 1.807) is 0 Å². The van der Waals surface area contributed by atoms with Gasteiger partial charge in [-0.05, 0) is 26.3 Å². The molecular formula is C10H18N2O2. The summed E-state index contributed by atoms with van der Waals surface area (Å²) in [4.78, 5) is 11.7. The number of nitrogens with one attached hydrogen (secondary N) is 2. The Morgan fingerprint density at radius 1 is 1.57 bits per heavy atom. The first kappa shape index (κ1) is 9.93. The van der Waals surface area contributed by atoms with E-state index in [4.69, 9.17) is 4.74 Å². The average Bonchev–Trinajstić information content (AvgIpc) is 2.75. The Kier molecular flexibility index (Phi) is 3.03. The zero-order chi connectivity index (χ0) is 9.97. The molecular weight excluding hydrogens is 180 g/mol. The quantitative estimate of drug-likeness (QED) is 0.651. The lowest BCUT2D eigenvalue weighted by Crippen LogP contribution is -2.40. The summed E-state index contributed by atoms with van der Waals surface area (Å²) in [6, 6.07) is 0.332. The van der Waals surface area contributed by atoms with Crippen molar-refractivity contribution >= 4 is 5.91 Å². The van der Waals surface area contributed by atoms with E-state index in [9.17, 15) is 4.79 Å². The Balaban J connectivity index is 1.77. The molecule has 0 aliphatic carbocycles. The fourth-order valence-electron chi connectivity index (χ4n) is 2.10. The van der Waals surface area contributed by atoms with Gasteiger partial charge in [0.1, 0.15) is 0 Å². The lowest BCUT2D eigenvalue weighted by molar-refractivity contribution is -0.125. The molecule has 3 atom stereocenters. The summed E-state index contributed by atoms with van der Waals surface area (Å²) >= 11 is 0. The molecule has 0 bridgehead atoms.